The minimum absolute atomic E-state index is 0.863. The standard InChI is InChI=1S/C22H15BrO/c1-3-6-17-14(2)13-19(15-9-11-16(23)12-10-15)21-18-7-4-5-8-20(18)24-22(17)21/h3-13H,1-2H2/b17-6+. The minimum atomic E-state index is 0.863. The number of hydrogen-bond acceptors (Lipinski definition) is 1. The first-order chi connectivity index (χ1) is 11.7. The van der Waals surface area contributed by atoms with Crippen LogP contribution < -0.4 is 10.4 Å². The van der Waals surface area contributed by atoms with Gasteiger partial charge in [-0.05, 0) is 40.6 Å². The molecule has 3 aromatic carbocycles. The Morgan fingerprint density at radius 3 is 2.50 bits per heavy atom. The van der Waals surface area contributed by atoms with Gasteiger partial charge in [0.2, 0.25) is 0 Å². The molecular weight excluding hydrogens is 360 g/mol. The molecule has 116 valence electrons. The molecule has 4 aromatic rings. The molecule has 24 heavy (non-hydrogen) atoms. The van der Waals surface area contributed by atoms with Crippen LogP contribution in [0, 0.1) is 0 Å². The van der Waals surface area contributed by atoms with Gasteiger partial charge in [0.05, 0.1) is 0 Å². The maximum absolute atomic E-state index is 6.17. The molecule has 0 unspecified atom stereocenters. The molecular formula is C22H15BrO. The quantitative estimate of drug-likeness (QED) is 0.458. The van der Waals surface area contributed by atoms with Crippen LogP contribution in [0.25, 0.3) is 45.7 Å². The van der Waals surface area contributed by atoms with Crippen LogP contribution >= 0.6 is 15.9 Å². The van der Waals surface area contributed by atoms with Crippen molar-refractivity contribution in [2.24, 2.45) is 0 Å². The molecule has 2 heteroatoms. The predicted octanol–water partition coefficient (Wildman–Crippen LogP) is 5.39. The average Bonchev–Trinajstić information content (AvgIpc) is 2.97. The van der Waals surface area contributed by atoms with E-state index in [2.05, 4.69) is 65.5 Å². The third-order valence-corrected chi connectivity index (χ3v) is 4.74. The molecule has 0 spiro atoms. The van der Waals surface area contributed by atoms with E-state index in [9.17, 15) is 0 Å². The van der Waals surface area contributed by atoms with E-state index in [0.717, 1.165) is 48.0 Å². The Morgan fingerprint density at radius 1 is 1.00 bits per heavy atom. The molecule has 1 aromatic heterocycles. The number of hydrogen-bond donors (Lipinski definition) is 0. The summed E-state index contributed by atoms with van der Waals surface area (Å²) in [5, 5.41) is 4.15. The molecule has 0 aliphatic heterocycles. The number of halogens is 1. The average molecular weight is 375 g/mol. The summed E-state index contributed by atoms with van der Waals surface area (Å²) in [6.45, 7) is 8.03. The molecule has 0 amide bonds. The van der Waals surface area contributed by atoms with Crippen molar-refractivity contribution in [1.82, 2.24) is 0 Å². The maximum atomic E-state index is 6.17. The number of benzene rings is 3. The smallest absolute Gasteiger partial charge is 0.143 e. The Balaban J connectivity index is 2.24. The molecule has 0 atom stereocenters. The summed E-state index contributed by atoms with van der Waals surface area (Å²) in [6, 6.07) is 18.6. The molecule has 1 nitrogen and oxygen atoms in total. The van der Waals surface area contributed by atoms with Gasteiger partial charge >= 0.3 is 0 Å². The van der Waals surface area contributed by atoms with Crippen LogP contribution in [0.5, 0.6) is 0 Å². The van der Waals surface area contributed by atoms with Crippen molar-refractivity contribution in [1.29, 1.82) is 0 Å². The summed E-state index contributed by atoms with van der Waals surface area (Å²) in [5.74, 6) is 0. The van der Waals surface area contributed by atoms with Gasteiger partial charge in [0, 0.05) is 20.5 Å². The van der Waals surface area contributed by atoms with Crippen LogP contribution in [-0.2, 0) is 0 Å². The predicted molar refractivity (Wildman–Crippen MR) is 106 cm³/mol. The minimum Gasteiger partial charge on any atom is -0.455 e. The zero-order chi connectivity index (χ0) is 16.7. The molecule has 1 heterocycles. The van der Waals surface area contributed by atoms with Gasteiger partial charge in [-0.2, -0.15) is 0 Å². The third-order valence-electron chi connectivity index (χ3n) is 4.21. The second kappa shape index (κ2) is 5.81. The first-order valence-corrected chi connectivity index (χ1v) is 8.50. The Morgan fingerprint density at radius 2 is 1.75 bits per heavy atom. The van der Waals surface area contributed by atoms with E-state index in [1.807, 2.05) is 24.3 Å². The van der Waals surface area contributed by atoms with Crippen LogP contribution in [0.3, 0.4) is 0 Å². The molecule has 0 fully saturated rings. The Kier molecular flexibility index (Phi) is 3.62. The van der Waals surface area contributed by atoms with Gasteiger partial charge in [0.25, 0.3) is 0 Å². The summed E-state index contributed by atoms with van der Waals surface area (Å²) in [4.78, 5) is 0. The van der Waals surface area contributed by atoms with Gasteiger partial charge in [-0.15, -0.1) is 0 Å². The van der Waals surface area contributed by atoms with Crippen molar-refractivity contribution in [2.75, 3.05) is 0 Å². The lowest BCUT2D eigenvalue weighted by molar-refractivity contribution is 0.665. The number of fused-ring (bicyclic) bond motifs is 3. The van der Waals surface area contributed by atoms with Crippen molar-refractivity contribution >= 4 is 50.5 Å². The lowest BCUT2D eigenvalue weighted by Gasteiger charge is -2.05. The van der Waals surface area contributed by atoms with Crippen molar-refractivity contribution in [3.05, 3.63) is 82.2 Å². The molecule has 4 rings (SSSR count). The van der Waals surface area contributed by atoms with Gasteiger partial charge < -0.3 is 4.42 Å². The normalized spacial score (nSPS) is 12.1. The summed E-state index contributed by atoms with van der Waals surface area (Å²) < 4.78 is 7.24. The first kappa shape index (κ1) is 15.0. The van der Waals surface area contributed by atoms with Gasteiger partial charge in [-0.3, -0.25) is 0 Å². The topological polar surface area (TPSA) is 13.1 Å². The highest BCUT2D eigenvalue weighted by Gasteiger charge is 2.14. The van der Waals surface area contributed by atoms with Crippen molar-refractivity contribution in [2.45, 2.75) is 0 Å². The third kappa shape index (κ3) is 2.31. The highest BCUT2D eigenvalue weighted by atomic mass is 79.9. The van der Waals surface area contributed by atoms with E-state index in [1.54, 1.807) is 6.08 Å². The zero-order valence-electron chi connectivity index (χ0n) is 13.1. The molecule has 0 bridgehead atoms. The Bertz CT molecular complexity index is 1180. The monoisotopic (exact) mass is 374 g/mol. The highest BCUT2D eigenvalue weighted by molar-refractivity contribution is 9.10. The van der Waals surface area contributed by atoms with Crippen LogP contribution in [-0.4, -0.2) is 0 Å². The summed E-state index contributed by atoms with van der Waals surface area (Å²) >= 11 is 3.50. The molecule has 0 N–H and O–H groups in total. The Labute approximate surface area is 148 Å². The van der Waals surface area contributed by atoms with Gasteiger partial charge in [-0.25, -0.2) is 0 Å². The molecule has 0 aliphatic rings. The van der Waals surface area contributed by atoms with Crippen molar-refractivity contribution < 1.29 is 4.42 Å². The molecule has 0 saturated carbocycles. The lowest BCUT2D eigenvalue weighted by atomic mass is 9.97. The fraction of sp³-hybridized carbons (Fsp3) is 0. The second-order valence-corrected chi connectivity index (χ2v) is 6.62. The summed E-state index contributed by atoms with van der Waals surface area (Å²) in [5.41, 5.74) is 4.02. The van der Waals surface area contributed by atoms with Crippen molar-refractivity contribution in [3.8, 4) is 11.1 Å². The zero-order valence-corrected chi connectivity index (χ0v) is 14.6. The van der Waals surface area contributed by atoms with Crippen LogP contribution in [0.4, 0.5) is 0 Å². The molecule has 0 aliphatic carbocycles. The van der Waals surface area contributed by atoms with E-state index in [0.29, 0.717) is 0 Å². The molecule has 0 saturated heterocycles. The van der Waals surface area contributed by atoms with Gasteiger partial charge in [-0.1, -0.05) is 71.6 Å². The van der Waals surface area contributed by atoms with Crippen LogP contribution in [0.2, 0.25) is 0 Å². The maximum Gasteiger partial charge on any atom is 0.143 e. The lowest BCUT2D eigenvalue weighted by Crippen LogP contribution is -2.23. The van der Waals surface area contributed by atoms with E-state index in [1.165, 1.54) is 0 Å². The van der Waals surface area contributed by atoms with Crippen LogP contribution in [0.15, 0.2) is 76.1 Å². The number of allylic oxidation sites excluding steroid dienone is 1. The summed E-state index contributed by atoms with van der Waals surface area (Å²) in [7, 11) is 0. The first-order valence-electron chi connectivity index (χ1n) is 7.71. The number of para-hydroxylation sites is 1. The SMILES string of the molecule is C=C/C=c1\c(=C)cc(-c2ccc(Br)cc2)c2c1oc1ccccc12. The van der Waals surface area contributed by atoms with Crippen LogP contribution in [0.1, 0.15) is 0 Å². The fourth-order valence-corrected chi connectivity index (χ4v) is 3.39. The number of furan rings is 1. The van der Waals surface area contributed by atoms with Gasteiger partial charge in [0.1, 0.15) is 11.2 Å². The van der Waals surface area contributed by atoms with Gasteiger partial charge in [0.15, 0.2) is 0 Å². The second-order valence-electron chi connectivity index (χ2n) is 5.71. The fourth-order valence-electron chi connectivity index (χ4n) is 3.13. The summed E-state index contributed by atoms with van der Waals surface area (Å²) in [6.07, 6.45) is 3.73. The Hall–Kier alpha value is -2.58. The van der Waals surface area contributed by atoms with E-state index in [-0.39, 0.29) is 0 Å². The van der Waals surface area contributed by atoms with E-state index >= 15 is 0 Å². The highest BCUT2D eigenvalue weighted by Crippen LogP contribution is 2.34. The largest absolute Gasteiger partial charge is 0.455 e. The van der Waals surface area contributed by atoms with E-state index in [4.69, 9.17) is 4.42 Å². The van der Waals surface area contributed by atoms with E-state index < -0.39 is 0 Å². The number of rotatable bonds is 2. The molecule has 0 radical (unpaired) electrons. The van der Waals surface area contributed by atoms with Crippen molar-refractivity contribution in [3.63, 3.8) is 0 Å².